The number of carbonyl (C=O) groups excluding carboxylic acids is 1. The van der Waals surface area contributed by atoms with E-state index in [0.29, 0.717) is 10.0 Å². The summed E-state index contributed by atoms with van der Waals surface area (Å²) in [7, 11) is 0. The number of hydrogen-bond acceptors (Lipinski definition) is 5. The molecule has 2 rings (SSSR count). The molecule has 25 heavy (non-hydrogen) atoms. The highest BCUT2D eigenvalue weighted by Gasteiger charge is 2.11. The van der Waals surface area contributed by atoms with Gasteiger partial charge in [0.1, 0.15) is 11.5 Å². The van der Waals surface area contributed by atoms with Gasteiger partial charge in [0.15, 0.2) is 0 Å². The molecule has 0 aromatic heterocycles. The lowest BCUT2D eigenvalue weighted by Crippen LogP contribution is -2.21. The van der Waals surface area contributed by atoms with E-state index in [2.05, 4.69) is 31.4 Å². The summed E-state index contributed by atoms with van der Waals surface area (Å²) in [5, 5.41) is 23.7. The van der Waals surface area contributed by atoms with Crippen molar-refractivity contribution in [2.45, 2.75) is 13.8 Å². The third-order valence-corrected chi connectivity index (χ3v) is 4.21. The molecule has 2 aromatic rings. The number of hydrogen-bond donors (Lipinski definition) is 3. The Morgan fingerprint density at radius 1 is 1.16 bits per heavy atom. The summed E-state index contributed by atoms with van der Waals surface area (Å²) in [5.74, 6) is -0.607. The Balaban J connectivity index is 2.09. The third kappa shape index (κ3) is 4.73. The highest BCUT2D eigenvalue weighted by atomic mass is 79.9. The molecular weight excluding hydrogens is 386 g/mol. The lowest BCUT2D eigenvalue weighted by atomic mass is 10.2. The van der Waals surface area contributed by atoms with Gasteiger partial charge in [-0.15, -0.1) is 0 Å². The van der Waals surface area contributed by atoms with E-state index in [1.165, 1.54) is 18.3 Å². The number of rotatable bonds is 6. The standard InChI is InChI=1S/C18H20BrN3O3/c1-3-22(4-2)14-7-5-12(17(24)10-14)11-20-21-18(25)15-9-13(19)6-8-16(15)23/h5-11,23-24H,3-4H2,1-2H3,(H,21,25). The second kappa shape index (κ2) is 8.53. The van der Waals surface area contributed by atoms with Crippen LogP contribution in [0.4, 0.5) is 5.69 Å². The van der Waals surface area contributed by atoms with Gasteiger partial charge in [0, 0.05) is 34.9 Å². The van der Waals surface area contributed by atoms with Crippen molar-refractivity contribution in [3.63, 3.8) is 0 Å². The van der Waals surface area contributed by atoms with Crippen molar-refractivity contribution in [1.82, 2.24) is 5.43 Å². The van der Waals surface area contributed by atoms with Crippen LogP contribution in [0.2, 0.25) is 0 Å². The molecule has 0 aliphatic rings. The van der Waals surface area contributed by atoms with Crippen molar-refractivity contribution in [3.8, 4) is 11.5 Å². The average molecular weight is 406 g/mol. The van der Waals surface area contributed by atoms with Crippen LogP contribution in [-0.4, -0.2) is 35.4 Å². The van der Waals surface area contributed by atoms with Gasteiger partial charge in [-0.1, -0.05) is 15.9 Å². The Kier molecular flexibility index (Phi) is 6.41. The number of anilines is 1. The van der Waals surface area contributed by atoms with Crippen molar-refractivity contribution in [2.75, 3.05) is 18.0 Å². The highest BCUT2D eigenvalue weighted by Crippen LogP contribution is 2.24. The van der Waals surface area contributed by atoms with Gasteiger partial charge in [0.05, 0.1) is 11.8 Å². The van der Waals surface area contributed by atoms with E-state index in [1.54, 1.807) is 18.2 Å². The molecule has 3 N–H and O–H groups in total. The van der Waals surface area contributed by atoms with Crippen LogP contribution < -0.4 is 10.3 Å². The van der Waals surface area contributed by atoms with Crippen LogP contribution >= 0.6 is 15.9 Å². The van der Waals surface area contributed by atoms with Crippen LogP contribution in [0, 0.1) is 0 Å². The van der Waals surface area contributed by atoms with E-state index < -0.39 is 5.91 Å². The molecule has 0 aliphatic heterocycles. The van der Waals surface area contributed by atoms with Gasteiger partial charge in [-0.05, 0) is 44.2 Å². The normalized spacial score (nSPS) is 10.8. The molecule has 7 heteroatoms. The SMILES string of the molecule is CCN(CC)c1ccc(C=NNC(=O)c2cc(Br)ccc2O)c(O)c1. The van der Waals surface area contributed by atoms with Crippen molar-refractivity contribution in [2.24, 2.45) is 5.10 Å². The summed E-state index contributed by atoms with van der Waals surface area (Å²) in [6.45, 7) is 5.77. The first-order valence-electron chi connectivity index (χ1n) is 7.86. The highest BCUT2D eigenvalue weighted by molar-refractivity contribution is 9.10. The predicted octanol–water partition coefficient (Wildman–Crippen LogP) is 3.47. The molecule has 132 valence electrons. The van der Waals surface area contributed by atoms with E-state index >= 15 is 0 Å². The number of phenolic OH excluding ortho intramolecular Hbond substituents is 2. The molecule has 0 atom stereocenters. The van der Waals surface area contributed by atoms with Gasteiger partial charge >= 0.3 is 0 Å². The monoisotopic (exact) mass is 405 g/mol. The Labute approximate surface area is 154 Å². The smallest absolute Gasteiger partial charge is 0.275 e. The van der Waals surface area contributed by atoms with Crippen LogP contribution in [0.5, 0.6) is 11.5 Å². The fourth-order valence-corrected chi connectivity index (χ4v) is 2.70. The summed E-state index contributed by atoms with van der Waals surface area (Å²) >= 11 is 3.24. The minimum atomic E-state index is -0.547. The first-order valence-corrected chi connectivity index (χ1v) is 8.65. The van der Waals surface area contributed by atoms with Crippen molar-refractivity contribution >= 4 is 33.7 Å². The first-order chi connectivity index (χ1) is 12.0. The van der Waals surface area contributed by atoms with Crippen molar-refractivity contribution in [3.05, 3.63) is 52.0 Å². The van der Waals surface area contributed by atoms with Gasteiger partial charge in [0.2, 0.25) is 0 Å². The van der Waals surface area contributed by atoms with Crippen LogP contribution in [0.1, 0.15) is 29.8 Å². The maximum absolute atomic E-state index is 12.0. The maximum Gasteiger partial charge on any atom is 0.275 e. The predicted molar refractivity (Wildman–Crippen MR) is 103 cm³/mol. The number of aromatic hydroxyl groups is 2. The number of nitrogens with zero attached hydrogens (tertiary/aromatic N) is 2. The number of benzene rings is 2. The minimum Gasteiger partial charge on any atom is -0.507 e. The quantitative estimate of drug-likeness (QED) is 0.507. The maximum atomic E-state index is 12.0. The summed E-state index contributed by atoms with van der Waals surface area (Å²) in [6, 6.07) is 9.82. The van der Waals surface area contributed by atoms with E-state index in [-0.39, 0.29) is 17.1 Å². The van der Waals surface area contributed by atoms with Gasteiger partial charge in [-0.3, -0.25) is 4.79 Å². The van der Waals surface area contributed by atoms with Crippen LogP contribution in [0.3, 0.4) is 0 Å². The number of nitrogens with one attached hydrogen (secondary N) is 1. The fourth-order valence-electron chi connectivity index (χ4n) is 2.34. The van der Waals surface area contributed by atoms with E-state index in [4.69, 9.17) is 0 Å². The van der Waals surface area contributed by atoms with Crippen LogP contribution in [0.15, 0.2) is 46.0 Å². The Morgan fingerprint density at radius 3 is 2.52 bits per heavy atom. The van der Waals surface area contributed by atoms with E-state index in [9.17, 15) is 15.0 Å². The summed E-state index contributed by atoms with van der Waals surface area (Å²) in [6.07, 6.45) is 1.36. The first kappa shape index (κ1) is 18.8. The number of phenols is 2. The van der Waals surface area contributed by atoms with Gasteiger partial charge in [-0.2, -0.15) is 5.10 Å². The van der Waals surface area contributed by atoms with Crippen LogP contribution in [0.25, 0.3) is 0 Å². The number of amides is 1. The average Bonchev–Trinajstić information content (AvgIpc) is 2.59. The molecule has 0 aliphatic carbocycles. The molecule has 0 radical (unpaired) electrons. The van der Waals surface area contributed by atoms with Crippen molar-refractivity contribution < 1.29 is 15.0 Å². The number of hydrazone groups is 1. The molecule has 0 heterocycles. The number of halogens is 1. The Bertz CT molecular complexity index is 789. The van der Waals surface area contributed by atoms with Crippen LogP contribution in [-0.2, 0) is 0 Å². The Morgan fingerprint density at radius 2 is 1.88 bits per heavy atom. The summed E-state index contributed by atoms with van der Waals surface area (Å²) in [4.78, 5) is 14.1. The zero-order valence-corrected chi connectivity index (χ0v) is 15.6. The minimum absolute atomic E-state index is 0.0766. The van der Waals surface area contributed by atoms with Gasteiger partial charge in [0.25, 0.3) is 5.91 Å². The lowest BCUT2D eigenvalue weighted by Gasteiger charge is -2.21. The zero-order valence-electron chi connectivity index (χ0n) is 14.0. The molecule has 6 nitrogen and oxygen atoms in total. The Hall–Kier alpha value is -2.54. The van der Waals surface area contributed by atoms with Gasteiger partial charge in [-0.25, -0.2) is 5.43 Å². The molecule has 2 aromatic carbocycles. The molecule has 0 fully saturated rings. The zero-order chi connectivity index (χ0) is 18.4. The van der Waals surface area contributed by atoms with E-state index in [0.717, 1.165) is 18.8 Å². The lowest BCUT2D eigenvalue weighted by molar-refractivity contribution is 0.0952. The molecule has 0 bridgehead atoms. The summed E-state index contributed by atoms with van der Waals surface area (Å²) in [5.41, 5.74) is 3.84. The molecule has 0 unspecified atom stereocenters. The summed E-state index contributed by atoms with van der Waals surface area (Å²) < 4.78 is 0.670. The molecule has 0 spiro atoms. The van der Waals surface area contributed by atoms with E-state index in [1.807, 2.05) is 19.9 Å². The second-order valence-electron chi connectivity index (χ2n) is 5.28. The number of carbonyl (C=O) groups is 1. The topological polar surface area (TPSA) is 85.2 Å². The molecule has 0 saturated heterocycles. The molecule has 0 saturated carbocycles. The molecule has 1 amide bonds. The largest absolute Gasteiger partial charge is 0.507 e. The third-order valence-electron chi connectivity index (χ3n) is 3.72. The fraction of sp³-hybridized carbons (Fsp3) is 0.222. The second-order valence-corrected chi connectivity index (χ2v) is 6.19. The van der Waals surface area contributed by atoms with Gasteiger partial charge < -0.3 is 15.1 Å². The molecular formula is C18H20BrN3O3. The van der Waals surface area contributed by atoms with Crippen molar-refractivity contribution in [1.29, 1.82) is 0 Å².